The fourth-order valence-electron chi connectivity index (χ4n) is 3.17. The number of ether oxygens (including phenoxy) is 2. The van der Waals surface area contributed by atoms with Gasteiger partial charge < -0.3 is 36.9 Å². The molecule has 0 bridgehead atoms. The van der Waals surface area contributed by atoms with Gasteiger partial charge in [-0.15, -0.1) is 0 Å². The number of carbonyl (C=O) groups is 4. The van der Waals surface area contributed by atoms with Crippen LogP contribution in [0.3, 0.4) is 0 Å². The van der Waals surface area contributed by atoms with Crippen LogP contribution in [-0.4, -0.2) is 47.6 Å². The quantitative estimate of drug-likeness (QED) is 0.0819. The molecule has 0 heterocycles. The maximum atomic E-state index is 12.9. The van der Waals surface area contributed by atoms with Crippen molar-refractivity contribution in [1.82, 2.24) is 10.6 Å². The molecular weight excluding hydrogens is 512 g/mol. The van der Waals surface area contributed by atoms with Gasteiger partial charge in [-0.1, -0.05) is 26.0 Å². The number of carbonyl (C=O) groups excluding carboxylic acids is 4. The molecular formula is C25H32N6O8. The maximum absolute atomic E-state index is 12.9. The van der Waals surface area contributed by atoms with E-state index in [9.17, 15) is 29.3 Å². The number of nitrogens with two attached hydrogens (primary N) is 2. The Bertz CT molecular complexity index is 1150. The van der Waals surface area contributed by atoms with Gasteiger partial charge in [-0.3, -0.25) is 19.7 Å². The van der Waals surface area contributed by atoms with Gasteiger partial charge in [-0.05, 0) is 48.6 Å². The van der Waals surface area contributed by atoms with Crippen molar-refractivity contribution in [2.75, 3.05) is 11.9 Å². The number of hydrogen-bond acceptors (Lipinski definition) is 9. The number of anilines is 1. The van der Waals surface area contributed by atoms with Gasteiger partial charge >= 0.3 is 12.2 Å². The van der Waals surface area contributed by atoms with Gasteiger partial charge in [-0.25, -0.2) is 9.59 Å². The Hall–Kier alpha value is -4.72. The summed E-state index contributed by atoms with van der Waals surface area (Å²) in [6, 6.07) is 8.97. The Morgan fingerprint density at radius 2 is 1.64 bits per heavy atom. The molecule has 0 aromatic heterocycles. The second-order valence-electron chi connectivity index (χ2n) is 8.84. The SMILES string of the molecule is CC(C)C(N)C(=O)N[C@@H](CCCNC(N)=O)C(=O)Nc1ccc(COC(=O)Oc2ccc([N+](=O)[O-])cc2)cc1. The third-order valence-corrected chi connectivity index (χ3v) is 5.45. The van der Waals surface area contributed by atoms with E-state index in [2.05, 4.69) is 16.0 Å². The first-order valence-electron chi connectivity index (χ1n) is 12.0. The smallest absolute Gasteiger partial charge is 0.429 e. The molecule has 0 radical (unpaired) electrons. The first-order valence-corrected chi connectivity index (χ1v) is 12.0. The second kappa shape index (κ2) is 14.9. The zero-order valence-electron chi connectivity index (χ0n) is 21.5. The van der Waals surface area contributed by atoms with Crippen molar-refractivity contribution < 1.29 is 33.6 Å². The van der Waals surface area contributed by atoms with E-state index in [4.69, 9.17) is 20.9 Å². The molecule has 1 unspecified atom stereocenters. The maximum Gasteiger partial charge on any atom is 0.514 e. The van der Waals surface area contributed by atoms with E-state index in [1.807, 2.05) is 0 Å². The first-order chi connectivity index (χ1) is 18.5. The predicted octanol–water partition coefficient (Wildman–Crippen LogP) is 2.17. The molecule has 0 spiro atoms. The number of urea groups is 1. The normalized spacial score (nSPS) is 12.1. The Kier molecular flexibility index (Phi) is 11.6. The molecule has 4 amide bonds. The Labute approximate surface area is 224 Å². The molecule has 0 aliphatic rings. The summed E-state index contributed by atoms with van der Waals surface area (Å²) < 4.78 is 10.0. The molecule has 0 aliphatic carbocycles. The Morgan fingerprint density at radius 1 is 1.00 bits per heavy atom. The van der Waals surface area contributed by atoms with Crippen LogP contribution < -0.4 is 32.2 Å². The lowest BCUT2D eigenvalue weighted by atomic mass is 10.0. The molecule has 2 aromatic carbocycles. The standard InChI is InChI=1S/C25H32N6O8/c1-15(2)21(26)23(33)30-20(4-3-13-28-24(27)34)22(32)29-17-7-5-16(6-8-17)14-38-25(35)39-19-11-9-18(10-12-19)31(36)37/h5-12,15,20-21H,3-4,13-14,26H2,1-2H3,(H,29,32)(H,30,33)(H3,27,28,34)/t20-,21?/m0/s1. The molecule has 0 saturated heterocycles. The van der Waals surface area contributed by atoms with Crippen LogP contribution in [0.1, 0.15) is 32.3 Å². The van der Waals surface area contributed by atoms with Crippen molar-refractivity contribution >= 4 is 35.4 Å². The molecule has 0 aliphatic heterocycles. The minimum Gasteiger partial charge on any atom is -0.429 e. The summed E-state index contributed by atoms with van der Waals surface area (Å²) in [5.41, 5.74) is 11.8. The average Bonchev–Trinajstić information content (AvgIpc) is 2.89. The van der Waals surface area contributed by atoms with Gasteiger partial charge in [-0.2, -0.15) is 0 Å². The van der Waals surface area contributed by atoms with E-state index in [1.54, 1.807) is 38.1 Å². The van der Waals surface area contributed by atoms with Gasteiger partial charge in [0.1, 0.15) is 18.4 Å². The molecule has 2 atom stereocenters. The van der Waals surface area contributed by atoms with E-state index >= 15 is 0 Å². The number of nitro groups is 1. The van der Waals surface area contributed by atoms with Crippen molar-refractivity contribution in [3.63, 3.8) is 0 Å². The molecule has 7 N–H and O–H groups in total. The van der Waals surface area contributed by atoms with Crippen LogP contribution in [0.5, 0.6) is 5.75 Å². The number of benzene rings is 2. The fourth-order valence-corrected chi connectivity index (χ4v) is 3.17. The topological polar surface area (TPSA) is 218 Å². The minimum atomic E-state index is -0.995. The lowest BCUT2D eigenvalue weighted by molar-refractivity contribution is -0.384. The summed E-state index contributed by atoms with van der Waals surface area (Å²) >= 11 is 0. The van der Waals surface area contributed by atoms with Crippen molar-refractivity contribution in [3.8, 4) is 5.75 Å². The van der Waals surface area contributed by atoms with E-state index in [1.165, 1.54) is 24.3 Å². The molecule has 0 saturated carbocycles. The summed E-state index contributed by atoms with van der Waals surface area (Å²) in [5, 5.41) is 18.5. The highest BCUT2D eigenvalue weighted by Crippen LogP contribution is 2.18. The molecule has 0 fully saturated rings. The summed E-state index contributed by atoms with van der Waals surface area (Å²) in [6.45, 7) is 3.68. The molecule has 2 rings (SSSR count). The molecule has 210 valence electrons. The third-order valence-electron chi connectivity index (χ3n) is 5.45. The third kappa shape index (κ3) is 10.7. The number of hydrogen-bond donors (Lipinski definition) is 5. The van der Waals surface area contributed by atoms with Crippen LogP contribution in [0, 0.1) is 16.0 Å². The van der Waals surface area contributed by atoms with Gasteiger partial charge in [0.25, 0.3) is 5.69 Å². The largest absolute Gasteiger partial charge is 0.514 e. The second-order valence-corrected chi connectivity index (χ2v) is 8.84. The van der Waals surface area contributed by atoms with Crippen LogP contribution in [0.4, 0.5) is 21.0 Å². The predicted molar refractivity (Wildman–Crippen MR) is 141 cm³/mol. The van der Waals surface area contributed by atoms with E-state index in [0.717, 1.165) is 0 Å². The Morgan fingerprint density at radius 3 is 2.21 bits per heavy atom. The average molecular weight is 545 g/mol. The van der Waals surface area contributed by atoms with Gasteiger partial charge in [0, 0.05) is 24.4 Å². The van der Waals surface area contributed by atoms with Gasteiger partial charge in [0.15, 0.2) is 0 Å². The number of amides is 4. The fraction of sp³-hybridized carbons (Fsp3) is 0.360. The molecule has 14 heteroatoms. The highest BCUT2D eigenvalue weighted by atomic mass is 16.7. The summed E-state index contributed by atoms with van der Waals surface area (Å²) in [6.07, 6.45) is -0.388. The zero-order chi connectivity index (χ0) is 28.9. The number of nitrogens with zero attached hydrogens (tertiary/aromatic N) is 1. The van der Waals surface area contributed by atoms with Gasteiger partial charge in [0.2, 0.25) is 11.8 Å². The number of rotatable bonds is 13. The van der Waals surface area contributed by atoms with Crippen molar-refractivity contribution in [1.29, 1.82) is 0 Å². The zero-order valence-corrected chi connectivity index (χ0v) is 21.5. The monoisotopic (exact) mass is 544 g/mol. The summed E-state index contributed by atoms with van der Waals surface area (Å²) in [5.74, 6) is -0.994. The van der Waals surface area contributed by atoms with Crippen molar-refractivity contribution in [3.05, 3.63) is 64.2 Å². The lowest BCUT2D eigenvalue weighted by Crippen LogP contribution is -2.51. The molecule has 39 heavy (non-hydrogen) atoms. The molecule has 2 aromatic rings. The van der Waals surface area contributed by atoms with Crippen molar-refractivity contribution in [2.24, 2.45) is 17.4 Å². The summed E-state index contributed by atoms with van der Waals surface area (Å²) in [4.78, 5) is 58.2. The van der Waals surface area contributed by atoms with Crippen LogP contribution in [-0.2, 0) is 20.9 Å². The van der Waals surface area contributed by atoms with Crippen LogP contribution in [0.15, 0.2) is 48.5 Å². The highest BCUT2D eigenvalue weighted by Gasteiger charge is 2.25. The minimum absolute atomic E-state index is 0.0880. The van der Waals surface area contributed by atoms with E-state index in [-0.39, 0.29) is 36.9 Å². The highest BCUT2D eigenvalue weighted by molar-refractivity contribution is 5.97. The van der Waals surface area contributed by atoms with Crippen molar-refractivity contribution in [2.45, 2.75) is 45.4 Å². The molecule has 14 nitrogen and oxygen atoms in total. The number of nitrogens with one attached hydrogen (secondary N) is 3. The Balaban J connectivity index is 1.91. The van der Waals surface area contributed by atoms with Gasteiger partial charge in [0.05, 0.1) is 11.0 Å². The van der Waals surface area contributed by atoms with Crippen LogP contribution >= 0.6 is 0 Å². The number of nitro benzene ring substituents is 1. The van der Waals surface area contributed by atoms with Crippen LogP contribution in [0.2, 0.25) is 0 Å². The van der Waals surface area contributed by atoms with E-state index in [0.29, 0.717) is 17.7 Å². The first kappa shape index (κ1) is 30.5. The number of non-ortho nitro benzene ring substituents is 1. The lowest BCUT2D eigenvalue weighted by Gasteiger charge is -2.22. The summed E-state index contributed by atoms with van der Waals surface area (Å²) in [7, 11) is 0. The van der Waals surface area contributed by atoms with Crippen LogP contribution in [0.25, 0.3) is 0 Å². The van der Waals surface area contributed by atoms with E-state index < -0.39 is 41.0 Å². The number of primary amides is 1.